The van der Waals surface area contributed by atoms with Crippen molar-refractivity contribution in [1.29, 1.82) is 0 Å². The van der Waals surface area contributed by atoms with Gasteiger partial charge in [-0.05, 0) is 85.4 Å². The second-order valence-corrected chi connectivity index (χ2v) is 6.77. The van der Waals surface area contributed by atoms with Gasteiger partial charge < -0.3 is 9.47 Å². The van der Waals surface area contributed by atoms with E-state index in [0.29, 0.717) is 13.2 Å². The molecule has 2 aliphatic heterocycles. The number of rotatable bonds is 1. The highest BCUT2D eigenvalue weighted by Crippen LogP contribution is 2.45. The summed E-state index contributed by atoms with van der Waals surface area (Å²) in [7, 11) is 0. The highest BCUT2D eigenvalue weighted by Gasteiger charge is 2.24. The molecule has 0 saturated carbocycles. The Balaban J connectivity index is 1.91. The Morgan fingerprint density at radius 3 is 1.46 bits per heavy atom. The fraction of sp³-hybridized carbons (Fsp3) is 0.273. The predicted octanol–water partition coefficient (Wildman–Crippen LogP) is 5.17. The van der Waals surface area contributed by atoms with Gasteiger partial charge in [-0.1, -0.05) is 12.1 Å². The molecule has 2 heterocycles. The van der Waals surface area contributed by atoms with Gasteiger partial charge in [-0.2, -0.15) is 0 Å². The molecule has 0 aliphatic carbocycles. The van der Waals surface area contributed by atoms with Crippen molar-refractivity contribution in [2.75, 3.05) is 13.2 Å². The largest absolute Gasteiger partial charge is 0.489 e. The molecule has 0 amide bonds. The molecule has 24 heavy (non-hydrogen) atoms. The number of ether oxygens (including phenoxy) is 2. The molecular formula is C22H22O2. The molecular weight excluding hydrogens is 296 g/mol. The van der Waals surface area contributed by atoms with E-state index in [1.165, 1.54) is 44.5 Å². The first kappa shape index (κ1) is 15.1. The van der Waals surface area contributed by atoms with E-state index < -0.39 is 0 Å². The molecule has 0 aromatic heterocycles. The van der Waals surface area contributed by atoms with Crippen LogP contribution in [0.5, 0.6) is 11.5 Å². The Kier molecular flexibility index (Phi) is 3.49. The zero-order chi connectivity index (χ0) is 16.8. The van der Waals surface area contributed by atoms with Crippen LogP contribution in [0.15, 0.2) is 36.4 Å². The first-order valence-corrected chi connectivity index (χ1v) is 8.44. The Labute approximate surface area is 143 Å². The molecule has 2 aliphatic rings. The second kappa shape index (κ2) is 5.55. The molecule has 0 saturated heterocycles. The van der Waals surface area contributed by atoms with E-state index in [2.05, 4.69) is 64.1 Å². The van der Waals surface area contributed by atoms with Crippen molar-refractivity contribution >= 4 is 11.1 Å². The summed E-state index contributed by atoms with van der Waals surface area (Å²) in [5.74, 6) is 2.02. The predicted molar refractivity (Wildman–Crippen MR) is 98.8 cm³/mol. The number of fused-ring (bicyclic) bond motifs is 2. The maximum absolute atomic E-state index is 5.93. The zero-order valence-corrected chi connectivity index (χ0v) is 14.7. The quantitative estimate of drug-likeness (QED) is 0.722. The van der Waals surface area contributed by atoms with E-state index in [-0.39, 0.29) is 0 Å². The first-order valence-electron chi connectivity index (χ1n) is 8.44. The van der Waals surface area contributed by atoms with Gasteiger partial charge in [0.15, 0.2) is 0 Å². The summed E-state index contributed by atoms with van der Waals surface area (Å²) in [5.41, 5.74) is 9.82. The van der Waals surface area contributed by atoms with E-state index in [9.17, 15) is 0 Å². The number of aryl methyl sites for hydroxylation is 4. The molecule has 0 radical (unpaired) electrons. The van der Waals surface area contributed by atoms with E-state index in [0.717, 1.165) is 11.5 Å². The standard InChI is InChI=1S/C22H22O2/c1-13-9-15(3)21-19(11-13)17(5-7-23-21)18-6-8-24-22-16(4)10-14(2)12-20(18)22/h5-6,9-12H,7-8H2,1-4H3. The minimum atomic E-state index is 0.616. The van der Waals surface area contributed by atoms with Gasteiger partial charge in [-0.25, -0.2) is 0 Å². The van der Waals surface area contributed by atoms with Crippen LogP contribution in [0, 0.1) is 27.7 Å². The first-order chi connectivity index (χ1) is 11.5. The summed E-state index contributed by atoms with van der Waals surface area (Å²) in [6.07, 6.45) is 4.39. The molecule has 0 N–H and O–H groups in total. The lowest BCUT2D eigenvalue weighted by molar-refractivity contribution is 0.352. The minimum absolute atomic E-state index is 0.616. The van der Waals surface area contributed by atoms with Gasteiger partial charge in [-0.3, -0.25) is 0 Å². The van der Waals surface area contributed by atoms with Crippen LogP contribution in [0.4, 0.5) is 0 Å². The van der Waals surface area contributed by atoms with Gasteiger partial charge in [0.1, 0.15) is 24.7 Å². The molecule has 0 fully saturated rings. The summed E-state index contributed by atoms with van der Waals surface area (Å²) in [6.45, 7) is 9.75. The fourth-order valence-corrected chi connectivity index (χ4v) is 3.84. The topological polar surface area (TPSA) is 18.5 Å². The zero-order valence-electron chi connectivity index (χ0n) is 14.7. The normalized spacial score (nSPS) is 15.5. The summed E-state index contributed by atoms with van der Waals surface area (Å²) < 4.78 is 11.9. The third-order valence-corrected chi connectivity index (χ3v) is 4.74. The lowest BCUT2D eigenvalue weighted by Crippen LogP contribution is -2.12. The van der Waals surface area contributed by atoms with Crippen LogP contribution in [-0.2, 0) is 0 Å². The lowest BCUT2D eigenvalue weighted by Gasteiger charge is -2.27. The molecule has 0 bridgehead atoms. The summed E-state index contributed by atoms with van der Waals surface area (Å²) in [6, 6.07) is 8.82. The average Bonchev–Trinajstić information content (AvgIpc) is 2.54. The number of allylic oxidation sites excluding steroid dienone is 2. The van der Waals surface area contributed by atoms with Crippen molar-refractivity contribution in [2.45, 2.75) is 27.7 Å². The number of hydrogen-bond donors (Lipinski definition) is 0. The highest BCUT2D eigenvalue weighted by atomic mass is 16.5. The lowest BCUT2D eigenvalue weighted by atomic mass is 9.86. The monoisotopic (exact) mass is 318 g/mol. The number of hydrogen-bond acceptors (Lipinski definition) is 2. The second-order valence-electron chi connectivity index (χ2n) is 6.77. The summed E-state index contributed by atoms with van der Waals surface area (Å²) in [5, 5.41) is 0. The molecule has 2 heteroatoms. The minimum Gasteiger partial charge on any atom is -0.489 e. The molecule has 122 valence electrons. The van der Waals surface area contributed by atoms with Gasteiger partial charge in [0, 0.05) is 11.1 Å². The van der Waals surface area contributed by atoms with E-state index in [1.807, 2.05) is 0 Å². The van der Waals surface area contributed by atoms with Crippen molar-refractivity contribution in [1.82, 2.24) is 0 Å². The van der Waals surface area contributed by atoms with Crippen LogP contribution in [0.2, 0.25) is 0 Å². The van der Waals surface area contributed by atoms with E-state index in [4.69, 9.17) is 9.47 Å². The van der Waals surface area contributed by atoms with Gasteiger partial charge in [0.25, 0.3) is 0 Å². The maximum Gasteiger partial charge on any atom is 0.130 e. The molecule has 0 unspecified atom stereocenters. The molecule has 4 rings (SSSR count). The molecule has 0 atom stereocenters. The number of benzene rings is 2. The summed E-state index contributed by atoms with van der Waals surface area (Å²) >= 11 is 0. The molecule has 2 nitrogen and oxygen atoms in total. The maximum atomic E-state index is 5.93. The Morgan fingerprint density at radius 1 is 0.625 bits per heavy atom. The van der Waals surface area contributed by atoms with Crippen molar-refractivity contribution in [3.05, 3.63) is 69.8 Å². The van der Waals surface area contributed by atoms with E-state index >= 15 is 0 Å². The fourth-order valence-electron chi connectivity index (χ4n) is 3.84. The third kappa shape index (κ3) is 2.34. The van der Waals surface area contributed by atoms with Crippen LogP contribution >= 0.6 is 0 Å². The van der Waals surface area contributed by atoms with Crippen LogP contribution in [-0.4, -0.2) is 13.2 Å². The van der Waals surface area contributed by atoms with Crippen molar-refractivity contribution in [2.24, 2.45) is 0 Å². The van der Waals surface area contributed by atoms with Crippen molar-refractivity contribution < 1.29 is 9.47 Å². The smallest absolute Gasteiger partial charge is 0.130 e. The van der Waals surface area contributed by atoms with E-state index in [1.54, 1.807) is 0 Å². The third-order valence-electron chi connectivity index (χ3n) is 4.74. The van der Waals surface area contributed by atoms with Gasteiger partial charge >= 0.3 is 0 Å². The van der Waals surface area contributed by atoms with Crippen molar-refractivity contribution in [3.63, 3.8) is 0 Å². The van der Waals surface area contributed by atoms with Gasteiger partial charge in [0.2, 0.25) is 0 Å². The van der Waals surface area contributed by atoms with Gasteiger partial charge in [0.05, 0.1) is 0 Å². The highest BCUT2D eigenvalue weighted by molar-refractivity contribution is 6.08. The van der Waals surface area contributed by atoms with Crippen LogP contribution < -0.4 is 9.47 Å². The molecule has 0 spiro atoms. The summed E-state index contributed by atoms with van der Waals surface area (Å²) in [4.78, 5) is 0. The Morgan fingerprint density at radius 2 is 1.04 bits per heavy atom. The van der Waals surface area contributed by atoms with Crippen molar-refractivity contribution in [3.8, 4) is 11.5 Å². The Bertz CT molecular complexity index is 825. The SMILES string of the molecule is Cc1cc(C)c2c(c1)C(C1=CCOc3c(C)cc(C)cc31)=CCO2. The van der Waals surface area contributed by atoms with Gasteiger partial charge in [-0.15, -0.1) is 0 Å². The molecule has 2 aromatic carbocycles. The molecule has 2 aromatic rings. The Hall–Kier alpha value is -2.48. The van der Waals surface area contributed by atoms with Crippen LogP contribution in [0.25, 0.3) is 11.1 Å². The van der Waals surface area contributed by atoms with Crippen LogP contribution in [0.3, 0.4) is 0 Å². The average molecular weight is 318 g/mol. The van der Waals surface area contributed by atoms with Crippen LogP contribution in [0.1, 0.15) is 33.4 Å².